The first kappa shape index (κ1) is 20.6. The van der Waals surface area contributed by atoms with E-state index in [1.807, 2.05) is 13.0 Å². The van der Waals surface area contributed by atoms with Crippen molar-refractivity contribution in [1.82, 2.24) is 0 Å². The molecule has 0 aliphatic rings. The zero-order valence-electron chi connectivity index (χ0n) is 15.6. The topological polar surface area (TPSA) is 90.9 Å². The predicted molar refractivity (Wildman–Crippen MR) is 101 cm³/mol. The highest BCUT2D eigenvalue weighted by atomic mass is 32.1. The summed E-state index contributed by atoms with van der Waals surface area (Å²) in [5.41, 5.74) is 2.21. The number of ether oxygens (including phenoxy) is 3. The van der Waals surface area contributed by atoms with Crippen LogP contribution in [0.1, 0.15) is 36.7 Å². The van der Waals surface area contributed by atoms with Gasteiger partial charge in [0.2, 0.25) is 0 Å². The van der Waals surface area contributed by atoms with Crippen molar-refractivity contribution in [1.29, 1.82) is 0 Å². The minimum absolute atomic E-state index is 0.312. The third-order valence-electron chi connectivity index (χ3n) is 3.84. The number of esters is 2. The smallest absolute Gasteiger partial charge is 0.341 e. The number of carbonyl (C=O) groups excluding carboxylic acids is 3. The van der Waals surface area contributed by atoms with E-state index >= 15 is 0 Å². The van der Waals surface area contributed by atoms with Crippen molar-refractivity contribution < 1.29 is 28.6 Å². The lowest BCUT2D eigenvalue weighted by atomic mass is 10.1. The molecule has 7 nitrogen and oxygen atoms in total. The van der Waals surface area contributed by atoms with E-state index in [4.69, 9.17) is 14.2 Å². The molecule has 0 saturated heterocycles. The molecule has 0 aliphatic heterocycles. The number of amides is 1. The van der Waals surface area contributed by atoms with Crippen LogP contribution in [0, 0.1) is 13.8 Å². The minimum atomic E-state index is -0.616. The first-order valence-electron chi connectivity index (χ1n) is 8.10. The van der Waals surface area contributed by atoms with Crippen LogP contribution < -0.4 is 5.32 Å². The number of benzene rings is 1. The van der Waals surface area contributed by atoms with Gasteiger partial charge in [-0.05, 0) is 37.1 Å². The van der Waals surface area contributed by atoms with Gasteiger partial charge in [-0.1, -0.05) is 12.1 Å². The molecule has 27 heavy (non-hydrogen) atoms. The van der Waals surface area contributed by atoms with E-state index in [9.17, 15) is 14.4 Å². The van der Waals surface area contributed by atoms with Gasteiger partial charge in [0.05, 0.1) is 24.8 Å². The molecule has 1 N–H and O–H groups in total. The van der Waals surface area contributed by atoms with Crippen LogP contribution in [0.5, 0.6) is 0 Å². The lowest BCUT2D eigenvalue weighted by Crippen LogP contribution is -2.21. The summed E-state index contributed by atoms with van der Waals surface area (Å²) in [6.45, 7) is 3.52. The van der Waals surface area contributed by atoms with Crippen molar-refractivity contribution in [3.8, 4) is 0 Å². The summed E-state index contributed by atoms with van der Waals surface area (Å²) in [7, 11) is 2.84. The molecule has 2 aromatic rings. The van der Waals surface area contributed by atoms with E-state index in [0.717, 1.165) is 16.0 Å². The van der Waals surface area contributed by atoms with Crippen LogP contribution in [-0.4, -0.2) is 38.7 Å². The van der Waals surface area contributed by atoms with Gasteiger partial charge in [-0.15, -0.1) is 11.3 Å². The third kappa shape index (κ3) is 5.15. The lowest BCUT2D eigenvalue weighted by Gasteiger charge is -2.08. The molecule has 0 bridgehead atoms. The van der Waals surface area contributed by atoms with E-state index in [1.54, 1.807) is 32.2 Å². The molecule has 8 heteroatoms. The van der Waals surface area contributed by atoms with Gasteiger partial charge < -0.3 is 19.5 Å². The monoisotopic (exact) mass is 391 g/mol. The average Bonchev–Trinajstić information content (AvgIpc) is 2.93. The maximum absolute atomic E-state index is 12.1. The fourth-order valence-electron chi connectivity index (χ4n) is 2.39. The molecule has 2 rings (SSSR count). The van der Waals surface area contributed by atoms with Crippen LogP contribution in [0.15, 0.2) is 24.3 Å². The Morgan fingerprint density at radius 1 is 1.11 bits per heavy atom. The van der Waals surface area contributed by atoms with Gasteiger partial charge >= 0.3 is 11.9 Å². The second-order valence-corrected chi connectivity index (χ2v) is 6.96. The van der Waals surface area contributed by atoms with Crippen LogP contribution in [0.4, 0.5) is 5.00 Å². The van der Waals surface area contributed by atoms with Crippen LogP contribution >= 0.6 is 11.3 Å². The molecule has 0 saturated carbocycles. The number of rotatable bonds is 7. The number of nitrogens with one attached hydrogen (secondary N) is 1. The van der Waals surface area contributed by atoms with E-state index in [1.165, 1.54) is 18.4 Å². The second kappa shape index (κ2) is 9.29. The highest BCUT2D eigenvalue weighted by Crippen LogP contribution is 2.32. The fraction of sp³-hybridized carbons (Fsp3) is 0.316. The van der Waals surface area contributed by atoms with Crippen LogP contribution in [-0.2, 0) is 25.6 Å². The molecule has 144 valence electrons. The molecule has 1 amide bonds. The zero-order valence-corrected chi connectivity index (χ0v) is 16.4. The number of anilines is 1. The summed E-state index contributed by atoms with van der Waals surface area (Å²) in [5, 5.41) is 2.98. The van der Waals surface area contributed by atoms with Crippen LogP contribution in [0.25, 0.3) is 0 Å². The molecule has 1 heterocycles. The molecule has 1 aromatic heterocycles. The molecule has 1 aromatic carbocycles. The van der Waals surface area contributed by atoms with Gasteiger partial charge in [0.25, 0.3) is 5.91 Å². The number of methoxy groups -OCH3 is 2. The van der Waals surface area contributed by atoms with Gasteiger partial charge in [0, 0.05) is 12.0 Å². The molecule has 0 fully saturated rings. The van der Waals surface area contributed by atoms with Gasteiger partial charge in [-0.2, -0.15) is 0 Å². The Morgan fingerprint density at radius 3 is 2.52 bits per heavy atom. The summed E-state index contributed by atoms with van der Waals surface area (Å²) in [4.78, 5) is 37.1. The van der Waals surface area contributed by atoms with Crippen molar-refractivity contribution in [2.45, 2.75) is 20.5 Å². The molecule has 0 atom stereocenters. The summed E-state index contributed by atoms with van der Waals surface area (Å²) in [5.74, 6) is -1.68. The van der Waals surface area contributed by atoms with E-state index < -0.39 is 24.5 Å². The second-order valence-electron chi connectivity index (χ2n) is 5.74. The Bertz CT molecular complexity index is 858. The number of hydrogen-bond donors (Lipinski definition) is 1. The SMILES string of the molecule is COCc1cccc(C(=O)OCC(=O)Nc2sc(C)c(C)c2C(=O)OC)c1. The third-order valence-corrected chi connectivity index (χ3v) is 4.96. The first-order valence-corrected chi connectivity index (χ1v) is 8.92. The standard InChI is InChI=1S/C19H21NO6S/c1-11-12(2)27-17(16(11)19(23)25-4)20-15(21)10-26-18(22)14-7-5-6-13(8-14)9-24-3/h5-8H,9-10H2,1-4H3,(H,20,21). The average molecular weight is 391 g/mol. The molecular formula is C19H21NO6S. The Balaban J connectivity index is 2.01. The van der Waals surface area contributed by atoms with Crippen molar-refractivity contribution in [2.75, 3.05) is 26.1 Å². The minimum Gasteiger partial charge on any atom is -0.465 e. The molecule has 0 spiro atoms. The number of carbonyl (C=O) groups is 3. The van der Waals surface area contributed by atoms with Crippen molar-refractivity contribution >= 4 is 34.2 Å². The quantitative estimate of drug-likeness (QED) is 0.730. The maximum Gasteiger partial charge on any atom is 0.341 e. The predicted octanol–water partition coefficient (Wildman–Crippen LogP) is 3.09. The Hall–Kier alpha value is -2.71. The van der Waals surface area contributed by atoms with E-state index in [0.29, 0.717) is 22.7 Å². The molecular weight excluding hydrogens is 370 g/mol. The number of aryl methyl sites for hydroxylation is 1. The first-order chi connectivity index (χ1) is 12.9. The highest BCUT2D eigenvalue weighted by molar-refractivity contribution is 7.16. The summed E-state index contributed by atoms with van der Waals surface area (Å²) in [6.07, 6.45) is 0. The summed E-state index contributed by atoms with van der Waals surface area (Å²) in [6, 6.07) is 6.78. The molecule has 0 radical (unpaired) electrons. The number of hydrogen-bond acceptors (Lipinski definition) is 7. The Morgan fingerprint density at radius 2 is 1.85 bits per heavy atom. The number of thiophene rings is 1. The molecule has 0 unspecified atom stereocenters. The molecule has 0 aliphatic carbocycles. The maximum atomic E-state index is 12.1. The van der Waals surface area contributed by atoms with Crippen molar-refractivity contribution in [3.05, 3.63) is 51.4 Å². The van der Waals surface area contributed by atoms with Gasteiger partial charge in [0.15, 0.2) is 6.61 Å². The highest BCUT2D eigenvalue weighted by Gasteiger charge is 2.22. The van der Waals surface area contributed by atoms with Gasteiger partial charge in [-0.25, -0.2) is 9.59 Å². The summed E-state index contributed by atoms with van der Waals surface area (Å²) < 4.78 is 14.8. The Kier molecular flexibility index (Phi) is 7.09. The van der Waals surface area contributed by atoms with Crippen molar-refractivity contribution in [3.63, 3.8) is 0 Å². The normalized spacial score (nSPS) is 10.4. The van der Waals surface area contributed by atoms with Gasteiger partial charge in [-0.3, -0.25) is 4.79 Å². The van der Waals surface area contributed by atoms with Crippen LogP contribution in [0.3, 0.4) is 0 Å². The zero-order chi connectivity index (χ0) is 20.0. The lowest BCUT2D eigenvalue weighted by molar-refractivity contribution is -0.119. The summed E-state index contributed by atoms with van der Waals surface area (Å²) >= 11 is 1.26. The van der Waals surface area contributed by atoms with E-state index in [-0.39, 0.29) is 0 Å². The Labute approximate surface area is 161 Å². The fourth-order valence-corrected chi connectivity index (χ4v) is 3.46. The largest absolute Gasteiger partial charge is 0.465 e. The van der Waals surface area contributed by atoms with Gasteiger partial charge in [0.1, 0.15) is 5.00 Å². The van der Waals surface area contributed by atoms with E-state index in [2.05, 4.69) is 5.32 Å². The van der Waals surface area contributed by atoms with Crippen LogP contribution in [0.2, 0.25) is 0 Å². The van der Waals surface area contributed by atoms with Crippen molar-refractivity contribution in [2.24, 2.45) is 0 Å².